The fourth-order valence-corrected chi connectivity index (χ4v) is 13.1. The minimum absolute atomic E-state index is 1.31. The summed E-state index contributed by atoms with van der Waals surface area (Å²) in [5.41, 5.74) is 0. The van der Waals surface area contributed by atoms with E-state index in [9.17, 15) is 0 Å². The first-order valence-electron chi connectivity index (χ1n) is 9.93. The molecule has 0 saturated carbocycles. The normalized spacial score (nSPS) is 11.4. The third-order valence-electron chi connectivity index (χ3n) is 5.19. The molecule has 0 aliphatic heterocycles. The van der Waals surface area contributed by atoms with Gasteiger partial charge in [-0.25, -0.2) is 0 Å². The molecule has 0 N–H and O–H groups in total. The molecular formula is C25H30As+. The molecule has 0 fully saturated rings. The van der Waals surface area contributed by atoms with E-state index in [1.165, 1.54) is 37.3 Å². The monoisotopic (exact) mass is 405 g/mol. The van der Waals surface area contributed by atoms with Gasteiger partial charge >= 0.3 is 162 Å². The fourth-order valence-electron chi connectivity index (χ4n) is 3.83. The Bertz CT molecular complexity index is 653. The van der Waals surface area contributed by atoms with Crippen LogP contribution in [-0.4, -0.2) is 13.6 Å². The molecule has 0 aliphatic carbocycles. The van der Waals surface area contributed by atoms with Gasteiger partial charge in [-0.15, -0.1) is 0 Å². The summed E-state index contributed by atoms with van der Waals surface area (Å²) >= 11 is -2.44. The average molecular weight is 405 g/mol. The summed E-state index contributed by atoms with van der Waals surface area (Å²) in [7, 11) is 0. The van der Waals surface area contributed by atoms with E-state index in [1.54, 1.807) is 13.1 Å². The van der Waals surface area contributed by atoms with Crippen LogP contribution in [0.5, 0.6) is 0 Å². The van der Waals surface area contributed by atoms with Crippen LogP contribution < -0.4 is 13.1 Å². The van der Waals surface area contributed by atoms with E-state index < -0.39 is 13.6 Å². The van der Waals surface area contributed by atoms with Gasteiger partial charge in [-0.3, -0.25) is 0 Å². The SMILES string of the molecule is CCCCCCC[As+](c1ccccc1)(c1ccccc1)c1ccccc1. The van der Waals surface area contributed by atoms with Crippen LogP contribution in [0.4, 0.5) is 0 Å². The Morgan fingerprint density at radius 2 is 0.885 bits per heavy atom. The van der Waals surface area contributed by atoms with Gasteiger partial charge in [0.2, 0.25) is 0 Å². The van der Waals surface area contributed by atoms with Crippen LogP contribution in [-0.2, 0) is 0 Å². The molecule has 0 aromatic heterocycles. The van der Waals surface area contributed by atoms with Crippen molar-refractivity contribution < 1.29 is 0 Å². The Balaban J connectivity index is 2.06. The molecule has 3 rings (SSSR count). The molecule has 0 heterocycles. The van der Waals surface area contributed by atoms with Crippen molar-refractivity contribution in [3.63, 3.8) is 0 Å². The molecule has 0 atom stereocenters. The first kappa shape index (κ1) is 19.0. The molecular weight excluding hydrogens is 375 g/mol. The van der Waals surface area contributed by atoms with Gasteiger partial charge in [-0.05, 0) is 0 Å². The van der Waals surface area contributed by atoms with E-state index in [4.69, 9.17) is 0 Å². The molecule has 1 heteroatoms. The second-order valence-corrected chi connectivity index (χ2v) is 14.5. The number of rotatable bonds is 9. The molecule has 26 heavy (non-hydrogen) atoms. The van der Waals surface area contributed by atoms with Gasteiger partial charge in [-0.2, -0.15) is 0 Å². The Morgan fingerprint density at radius 3 is 1.27 bits per heavy atom. The maximum atomic E-state index is 2.37. The molecule has 0 aliphatic rings. The quantitative estimate of drug-likeness (QED) is 0.342. The maximum absolute atomic E-state index is 2.44. The third-order valence-corrected chi connectivity index (χ3v) is 14.7. The summed E-state index contributed by atoms with van der Waals surface area (Å²) in [5.74, 6) is 0. The van der Waals surface area contributed by atoms with Crippen molar-refractivity contribution in [3.05, 3.63) is 91.0 Å². The van der Waals surface area contributed by atoms with Gasteiger partial charge < -0.3 is 0 Å². The standard InChI is InChI=1S/C25H30As/c1-2-3-4-5-15-22-26(23-16-9-6-10-17-23,24-18-11-7-12-19-24)25-20-13-8-14-21-25/h6-14,16-21H,2-5,15,22H2,1H3/q+1. The summed E-state index contributed by atoms with van der Waals surface area (Å²) in [6, 6.07) is 34.0. The van der Waals surface area contributed by atoms with Crippen LogP contribution in [0.2, 0.25) is 5.21 Å². The van der Waals surface area contributed by atoms with Crippen LogP contribution in [0.1, 0.15) is 39.0 Å². The predicted molar refractivity (Wildman–Crippen MR) is 118 cm³/mol. The van der Waals surface area contributed by atoms with Crippen molar-refractivity contribution >= 4 is 26.6 Å². The molecule has 3 aromatic carbocycles. The molecule has 0 nitrogen and oxygen atoms in total. The van der Waals surface area contributed by atoms with Crippen LogP contribution in [0.25, 0.3) is 0 Å². The van der Waals surface area contributed by atoms with E-state index in [0.717, 1.165) is 0 Å². The molecule has 0 radical (unpaired) electrons. The Hall–Kier alpha value is -1.78. The summed E-state index contributed by atoms with van der Waals surface area (Å²) in [6.45, 7) is 2.29. The first-order chi connectivity index (χ1) is 12.9. The third kappa shape index (κ3) is 4.30. The molecule has 3 aromatic rings. The van der Waals surface area contributed by atoms with Gasteiger partial charge in [-0.1, -0.05) is 0 Å². The molecule has 0 amide bonds. The van der Waals surface area contributed by atoms with Crippen molar-refractivity contribution in [1.82, 2.24) is 0 Å². The molecule has 0 spiro atoms. The zero-order chi connectivity index (χ0) is 18.1. The van der Waals surface area contributed by atoms with Gasteiger partial charge in [0.05, 0.1) is 0 Å². The summed E-state index contributed by atoms with van der Waals surface area (Å²) in [5, 5.41) is 1.32. The summed E-state index contributed by atoms with van der Waals surface area (Å²) in [6.07, 6.45) is 6.71. The Kier molecular flexibility index (Phi) is 7.15. The van der Waals surface area contributed by atoms with Crippen LogP contribution in [0.15, 0.2) is 91.0 Å². The Labute approximate surface area is 161 Å². The van der Waals surface area contributed by atoms with Gasteiger partial charge in [0.1, 0.15) is 0 Å². The van der Waals surface area contributed by atoms with Gasteiger partial charge in [0.25, 0.3) is 0 Å². The molecule has 0 unspecified atom stereocenters. The van der Waals surface area contributed by atoms with Crippen LogP contribution in [0, 0.1) is 0 Å². The first-order valence-corrected chi connectivity index (χ1v) is 14.1. The van der Waals surface area contributed by atoms with Crippen molar-refractivity contribution in [2.24, 2.45) is 0 Å². The van der Waals surface area contributed by atoms with Crippen molar-refractivity contribution in [1.29, 1.82) is 0 Å². The number of unbranched alkanes of at least 4 members (excludes halogenated alkanes) is 4. The van der Waals surface area contributed by atoms with Crippen LogP contribution >= 0.6 is 0 Å². The zero-order valence-electron chi connectivity index (χ0n) is 15.9. The topological polar surface area (TPSA) is 0 Å². The fraction of sp³-hybridized carbons (Fsp3) is 0.280. The molecule has 0 bridgehead atoms. The van der Waals surface area contributed by atoms with E-state index >= 15 is 0 Å². The number of benzene rings is 3. The molecule has 0 saturated heterocycles. The predicted octanol–water partition coefficient (Wildman–Crippen LogP) is 5.13. The van der Waals surface area contributed by atoms with Crippen molar-refractivity contribution in [3.8, 4) is 0 Å². The van der Waals surface area contributed by atoms with E-state index in [0.29, 0.717) is 0 Å². The van der Waals surface area contributed by atoms with Crippen molar-refractivity contribution in [2.45, 2.75) is 44.2 Å². The second kappa shape index (κ2) is 9.79. The van der Waals surface area contributed by atoms with E-state index in [1.807, 2.05) is 0 Å². The van der Waals surface area contributed by atoms with E-state index in [2.05, 4.69) is 97.9 Å². The second-order valence-electron chi connectivity index (χ2n) is 6.95. The van der Waals surface area contributed by atoms with Crippen LogP contribution in [0.3, 0.4) is 0 Å². The van der Waals surface area contributed by atoms with Crippen molar-refractivity contribution in [2.75, 3.05) is 0 Å². The summed E-state index contributed by atoms with van der Waals surface area (Å²) < 4.78 is 4.70. The Morgan fingerprint density at radius 1 is 0.500 bits per heavy atom. The molecule has 134 valence electrons. The van der Waals surface area contributed by atoms with Gasteiger partial charge in [0, 0.05) is 0 Å². The van der Waals surface area contributed by atoms with Gasteiger partial charge in [0.15, 0.2) is 0 Å². The minimum atomic E-state index is -2.44. The summed E-state index contributed by atoms with van der Waals surface area (Å²) in [4.78, 5) is 0. The number of hydrogen-bond acceptors (Lipinski definition) is 0. The average Bonchev–Trinajstić information content (AvgIpc) is 2.73. The van der Waals surface area contributed by atoms with E-state index in [-0.39, 0.29) is 0 Å². The number of hydrogen-bond donors (Lipinski definition) is 0. The zero-order valence-corrected chi connectivity index (χ0v) is 17.7.